The second-order valence-corrected chi connectivity index (χ2v) is 5.02. The first-order chi connectivity index (χ1) is 9.08. The van der Waals surface area contributed by atoms with E-state index in [0.29, 0.717) is 37.0 Å². The van der Waals surface area contributed by atoms with E-state index in [1.807, 2.05) is 0 Å². The maximum Gasteiger partial charge on any atom is 0.255 e. The van der Waals surface area contributed by atoms with Gasteiger partial charge in [-0.05, 0) is 18.2 Å². The molecule has 0 aliphatic carbocycles. The lowest BCUT2D eigenvalue weighted by atomic mass is 10.1. The molecule has 1 aromatic rings. The van der Waals surface area contributed by atoms with Crippen molar-refractivity contribution in [3.8, 4) is 0 Å². The lowest BCUT2D eigenvalue weighted by Gasteiger charge is -2.27. The van der Waals surface area contributed by atoms with E-state index in [0.717, 1.165) is 0 Å². The Labute approximate surface area is 118 Å². The molecule has 1 aliphatic rings. The van der Waals surface area contributed by atoms with Crippen LogP contribution in [0.25, 0.3) is 0 Å². The van der Waals surface area contributed by atoms with Gasteiger partial charge in [0.1, 0.15) is 0 Å². The summed E-state index contributed by atoms with van der Waals surface area (Å²) in [4.78, 5) is 13.9. The molecule has 1 heterocycles. The fraction of sp³-hybridized carbons (Fsp3) is 0.364. The number of amides is 1. The number of morpholine rings is 1. The molecule has 19 heavy (non-hydrogen) atoms. The van der Waals surface area contributed by atoms with E-state index in [9.17, 15) is 13.6 Å². The van der Waals surface area contributed by atoms with Crippen molar-refractivity contribution in [3.63, 3.8) is 0 Å². The van der Waals surface area contributed by atoms with Gasteiger partial charge in [-0.2, -0.15) is 0 Å². The van der Waals surface area contributed by atoms with Crippen LogP contribution in [0.4, 0.5) is 5.69 Å². The summed E-state index contributed by atoms with van der Waals surface area (Å²) >= 11 is 3.55. The van der Waals surface area contributed by atoms with Crippen LogP contribution in [0.3, 0.4) is 0 Å². The van der Waals surface area contributed by atoms with Gasteiger partial charge in [-0.15, -0.1) is 0 Å². The van der Waals surface area contributed by atoms with Gasteiger partial charge in [0.05, 0.1) is 23.8 Å². The monoisotopic (exact) mass is 303 g/mol. The van der Waals surface area contributed by atoms with E-state index in [2.05, 4.69) is 4.72 Å². The Bertz CT molecular complexity index is 505. The molecule has 1 atom stereocenters. The number of carbonyl (C=O) groups is 1. The van der Waals surface area contributed by atoms with E-state index in [4.69, 9.17) is 16.3 Å². The van der Waals surface area contributed by atoms with Crippen molar-refractivity contribution in [2.75, 3.05) is 31.0 Å². The van der Waals surface area contributed by atoms with Gasteiger partial charge in [-0.25, -0.2) is 0 Å². The van der Waals surface area contributed by atoms with Crippen LogP contribution < -0.4 is 4.72 Å². The summed E-state index contributed by atoms with van der Waals surface area (Å²) in [6.45, 7) is 1.98. The van der Waals surface area contributed by atoms with Gasteiger partial charge in [-0.1, -0.05) is 11.6 Å². The van der Waals surface area contributed by atoms with Crippen LogP contribution in [0.15, 0.2) is 18.2 Å². The fourth-order valence-electron chi connectivity index (χ4n) is 1.79. The van der Waals surface area contributed by atoms with Gasteiger partial charge in [-0.3, -0.25) is 9.00 Å². The van der Waals surface area contributed by atoms with Crippen molar-refractivity contribution in [2.45, 2.75) is 0 Å². The van der Waals surface area contributed by atoms with Gasteiger partial charge in [0.2, 0.25) is 0 Å². The number of nitrogens with one attached hydrogen (secondary N) is 1. The summed E-state index contributed by atoms with van der Waals surface area (Å²) in [6, 6.07) is 4.41. The first-order valence-corrected chi connectivity index (χ1v) is 7.05. The maximum absolute atomic E-state index is 12.3. The molecule has 1 aliphatic heterocycles. The number of carbonyl (C=O) groups excluding carboxylic acids is 1. The minimum atomic E-state index is -2.44. The fourth-order valence-corrected chi connectivity index (χ4v) is 2.30. The lowest BCUT2D eigenvalue weighted by Crippen LogP contribution is -2.40. The molecule has 0 spiro atoms. The predicted octanol–water partition coefficient (Wildman–Crippen LogP) is 1.02. The normalized spacial score (nSPS) is 17.1. The van der Waals surface area contributed by atoms with Gasteiger partial charge >= 0.3 is 0 Å². The quantitative estimate of drug-likeness (QED) is 0.845. The highest BCUT2D eigenvalue weighted by Gasteiger charge is 2.20. The van der Waals surface area contributed by atoms with Gasteiger partial charge in [0.15, 0.2) is 0 Å². The zero-order valence-electron chi connectivity index (χ0n) is 9.93. The van der Waals surface area contributed by atoms with Gasteiger partial charge < -0.3 is 18.9 Å². The van der Waals surface area contributed by atoms with Crippen LogP contribution in [0.2, 0.25) is 5.02 Å². The van der Waals surface area contributed by atoms with Crippen molar-refractivity contribution in [1.29, 1.82) is 0 Å². The number of ether oxygens (including phenoxy) is 1. The molecule has 1 aromatic carbocycles. The molecule has 6 nitrogen and oxygen atoms in total. The molecule has 1 amide bonds. The summed E-state index contributed by atoms with van der Waals surface area (Å²) in [5.74, 6) is -0.228. The first kappa shape index (κ1) is 14.3. The standard InChI is InChI=1S/C11H13ClN2O4S/c12-10-2-1-8(13-19(16)17)7-9(10)11(15)14-3-5-18-6-4-14/h1-2,7,13H,3-6H2,(H,16,17)/p-1. The van der Waals surface area contributed by atoms with E-state index in [1.54, 1.807) is 4.90 Å². The van der Waals surface area contributed by atoms with Crippen molar-refractivity contribution in [1.82, 2.24) is 4.90 Å². The Morgan fingerprint density at radius 1 is 1.42 bits per heavy atom. The second kappa shape index (κ2) is 6.33. The summed E-state index contributed by atoms with van der Waals surface area (Å²) in [7, 11) is 0. The molecule has 1 N–H and O–H groups in total. The van der Waals surface area contributed by atoms with Gasteiger partial charge in [0.25, 0.3) is 5.91 Å². The molecule has 1 saturated heterocycles. The smallest absolute Gasteiger partial charge is 0.255 e. The van der Waals surface area contributed by atoms with Crippen molar-refractivity contribution in [2.24, 2.45) is 0 Å². The summed E-state index contributed by atoms with van der Waals surface area (Å²) in [5.41, 5.74) is 0.577. The predicted molar refractivity (Wildman–Crippen MR) is 70.7 cm³/mol. The number of hydrogen-bond donors (Lipinski definition) is 1. The molecule has 0 radical (unpaired) electrons. The Morgan fingerprint density at radius 3 is 2.74 bits per heavy atom. The highest BCUT2D eigenvalue weighted by atomic mass is 35.5. The van der Waals surface area contributed by atoms with E-state index >= 15 is 0 Å². The van der Waals surface area contributed by atoms with Crippen LogP contribution in [0.5, 0.6) is 0 Å². The summed E-state index contributed by atoms with van der Waals surface area (Å²) in [5, 5.41) is 0.290. The van der Waals surface area contributed by atoms with Gasteiger partial charge in [0, 0.05) is 30.0 Å². The molecule has 8 heteroatoms. The molecular weight excluding hydrogens is 292 g/mol. The van der Waals surface area contributed by atoms with E-state index in [1.165, 1.54) is 18.2 Å². The highest BCUT2D eigenvalue weighted by molar-refractivity contribution is 7.80. The number of hydrogen-bond acceptors (Lipinski definition) is 4. The average Bonchev–Trinajstić information content (AvgIpc) is 2.40. The molecule has 104 valence electrons. The Balaban J connectivity index is 2.21. The molecule has 0 saturated carbocycles. The van der Waals surface area contributed by atoms with Crippen LogP contribution in [-0.4, -0.2) is 45.9 Å². The molecule has 2 rings (SSSR count). The third kappa shape index (κ3) is 3.66. The Hall–Kier alpha value is -1.15. The lowest BCUT2D eigenvalue weighted by molar-refractivity contribution is 0.0303. The Kier molecular flexibility index (Phi) is 4.76. The maximum atomic E-state index is 12.3. The van der Waals surface area contributed by atoms with E-state index < -0.39 is 11.3 Å². The van der Waals surface area contributed by atoms with Crippen molar-refractivity contribution >= 4 is 34.5 Å². The van der Waals surface area contributed by atoms with E-state index in [-0.39, 0.29) is 11.5 Å². The largest absolute Gasteiger partial charge is 0.755 e. The number of benzene rings is 1. The number of halogens is 1. The summed E-state index contributed by atoms with van der Waals surface area (Å²) < 4.78 is 28.5. The zero-order chi connectivity index (χ0) is 13.8. The van der Waals surface area contributed by atoms with Crippen molar-refractivity contribution < 1.29 is 18.3 Å². The molecule has 0 aromatic heterocycles. The third-order valence-electron chi connectivity index (χ3n) is 2.70. The molecule has 1 unspecified atom stereocenters. The van der Waals surface area contributed by atoms with Crippen LogP contribution in [0.1, 0.15) is 10.4 Å². The minimum Gasteiger partial charge on any atom is -0.755 e. The SMILES string of the molecule is O=C(c1cc(NS(=O)[O-])ccc1Cl)N1CCOCC1. The number of nitrogens with zero attached hydrogens (tertiary/aromatic N) is 1. The summed E-state index contributed by atoms with van der Waals surface area (Å²) in [6.07, 6.45) is 0. The van der Waals surface area contributed by atoms with Crippen LogP contribution >= 0.6 is 11.6 Å². The Morgan fingerprint density at radius 2 is 2.11 bits per heavy atom. The van der Waals surface area contributed by atoms with Crippen LogP contribution in [-0.2, 0) is 16.0 Å². The zero-order valence-corrected chi connectivity index (χ0v) is 11.5. The van der Waals surface area contributed by atoms with Crippen LogP contribution in [0, 0.1) is 0 Å². The average molecular weight is 304 g/mol. The number of anilines is 1. The molecule has 1 fully saturated rings. The third-order valence-corrected chi connectivity index (χ3v) is 3.43. The minimum absolute atomic E-state index is 0.228. The second-order valence-electron chi connectivity index (χ2n) is 3.94. The highest BCUT2D eigenvalue weighted by Crippen LogP contribution is 2.22. The first-order valence-electron chi connectivity index (χ1n) is 5.60. The topological polar surface area (TPSA) is 81.7 Å². The van der Waals surface area contributed by atoms with Crippen molar-refractivity contribution in [3.05, 3.63) is 28.8 Å². The number of rotatable bonds is 3. The molecular formula is C11H12ClN2O4S-. The molecule has 0 bridgehead atoms.